The number of amides is 2. The summed E-state index contributed by atoms with van der Waals surface area (Å²) in [5.41, 5.74) is 0.899. The van der Waals surface area contributed by atoms with Gasteiger partial charge in [0, 0.05) is 19.6 Å². The highest BCUT2D eigenvalue weighted by atomic mass is 19.4. The molecule has 172 valence electrons. The van der Waals surface area contributed by atoms with E-state index in [-0.39, 0.29) is 11.7 Å². The molecule has 2 heterocycles. The molecule has 2 aromatic rings. The van der Waals surface area contributed by atoms with E-state index < -0.39 is 17.8 Å². The number of hydrogen-bond acceptors (Lipinski definition) is 4. The Hall–Kier alpha value is -2.94. The largest absolute Gasteiger partial charge is 0.497 e. The van der Waals surface area contributed by atoms with Crippen molar-refractivity contribution in [2.45, 2.75) is 25.1 Å². The number of benzene rings is 2. The maximum Gasteiger partial charge on any atom is 0.416 e. The van der Waals surface area contributed by atoms with Crippen molar-refractivity contribution in [2.24, 2.45) is 0 Å². The topological polar surface area (TPSA) is 54.0 Å². The van der Waals surface area contributed by atoms with Crippen molar-refractivity contribution in [3.05, 3.63) is 53.6 Å². The Kier molecular flexibility index (Phi) is 6.45. The molecule has 4 rings (SSSR count). The average Bonchev–Trinajstić information content (AvgIpc) is 3.29. The minimum absolute atomic E-state index is 0.140. The van der Waals surface area contributed by atoms with Gasteiger partial charge >= 0.3 is 12.2 Å². The van der Waals surface area contributed by atoms with Gasteiger partial charge in [-0.3, -0.25) is 0 Å². The number of ether oxygens (including phenoxy) is 2. The third-order valence-electron chi connectivity index (χ3n) is 5.93. The summed E-state index contributed by atoms with van der Waals surface area (Å²) in [5, 5.41) is 2.76. The van der Waals surface area contributed by atoms with Gasteiger partial charge in [-0.15, -0.1) is 0 Å². The first-order chi connectivity index (χ1) is 15.4. The van der Waals surface area contributed by atoms with Gasteiger partial charge < -0.3 is 24.6 Å². The molecule has 0 aromatic heterocycles. The number of carbonyl (C=O) groups excluding carboxylic acids is 1. The zero-order valence-electron chi connectivity index (χ0n) is 17.8. The molecule has 6 nitrogen and oxygen atoms in total. The second kappa shape index (κ2) is 9.28. The van der Waals surface area contributed by atoms with Crippen LogP contribution in [0.2, 0.25) is 0 Å². The van der Waals surface area contributed by atoms with E-state index in [4.69, 9.17) is 9.47 Å². The van der Waals surface area contributed by atoms with Gasteiger partial charge in [-0.25, -0.2) is 4.79 Å². The molecular formula is C23H26F3N3O3. The summed E-state index contributed by atoms with van der Waals surface area (Å²) in [4.78, 5) is 16.8. The molecule has 2 aromatic carbocycles. The summed E-state index contributed by atoms with van der Waals surface area (Å²) in [5.74, 6) is 0.724. The molecule has 0 spiro atoms. The first-order valence-corrected chi connectivity index (χ1v) is 10.6. The van der Waals surface area contributed by atoms with Crippen LogP contribution < -0.4 is 15.0 Å². The number of hydrogen-bond donors (Lipinski definition) is 1. The van der Waals surface area contributed by atoms with Crippen LogP contribution >= 0.6 is 0 Å². The standard InChI is InChI=1S/C23H26F3N3O3/c1-31-18-7-4-16(5-8-18)20-3-2-10-29(20)22(30)27-19-15-17(23(24,25)26)6-9-21(19)28-11-13-32-14-12-28/h4-9,15,20H,2-3,10-14H2,1H3,(H,27,30)/t20-/m0/s1. The van der Waals surface area contributed by atoms with Crippen molar-refractivity contribution in [2.75, 3.05) is 50.2 Å². The van der Waals surface area contributed by atoms with E-state index in [1.54, 1.807) is 12.0 Å². The van der Waals surface area contributed by atoms with Crippen molar-refractivity contribution in [3.63, 3.8) is 0 Å². The van der Waals surface area contributed by atoms with Crippen LogP contribution in [0.4, 0.5) is 29.3 Å². The molecule has 2 fully saturated rings. The Morgan fingerprint density at radius 3 is 2.47 bits per heavy atom. The molecule has 0 aliphatic carbocycles. The summed E-state index contributed by atoms with van der Waals surface area (Å²) in [6, 6.07) is 10.5. The first-order valence-electron chi connectivity index (χ1n) is 10.6. The lowest BCUT2D eigenvalue weighted by molar-refractivity contribution is -0.137. The Morgan fingerprint density at radius 1 is 1.09 bits per heavy atom. The van der Waals surface area contributed by atoms with Gasteiger partial charge in [-0.1, -0.05) is 12.1 Å². The molecule has 0 radical (unpaired) electrons. The van der Waals surface area contributed by atoms with E-state index >= 15 is 0 Å². The minimum Gasteiger partial charge on any atom is -0.497 e. The van der Waals surface area contributed by atoms with Crippen LogP contribution in [-0.4, -0.2) is 50.9 Å². The third-order valence-corrected chi connectivity index (χ3v) is 5.93. The highest BCUT2D eigenvalue weighted by Crippen LogP contribution is 2.37. The van der Waals surface area contributed by atoms with Gasteiger partial charge in [0.05, 0.1) is 43.3 Å². The third kappa shape index (κ3) is 4.77. The summed E-state index contributed by atoms with van der Waals surface area (Å²) >= 11 is 0. The number of halogens is 3. The van der Waals surface area contributed by atoms with E-state index in [0.29, 0.717) is 38.5 Å². The molecule has 1 N–H and O–H groups in total. The SMILES string of the molecule is COc1ccc([C@@H]2CCCN2C(=O)Nc2cc(C(F)(F)F)ccc2N2CCOCC2)cc1. The van der Waals surface area contributed by atoms with Crippen molar-refractivity contribution < 1.29 is 27.4 Å². The molecule has 32 heavy (non-hydrogen) atoms. The second-order valence-electron chi connectivity index (χ2n) is 7.88. The summed E-state index contributed by atoms with van der Waals surface area (Å²) in [6.45, 7) is 2.60. The summed E-state index contributed by atoms with van der Waals surface area (Å²) < 4.78 is 50.6. The lowest BCUT2D eigenvalue weighted by atomic mass is 10.0. The van der Waals surface area contributed by atoms with Gasteiger partial charge in [0.15, 0.2) is 0 Å². The summed E-state index contributed by atoms with van der Waals surface area (Å²) in [7, 11) is 1.59. The van der Waals surface area contributed by atoms with Gasteiger partial charge in [0.1, 0.15) is 5.75 Å². The van der Waals surface area contributed by atoms with Gasteiger partial charge in [-0.2, -0.15) is 13.2 Å². The number of methoxy groups -OCH3 is 1. The fourth-order valence-corrected chi connectivity index (χ4v) is 4.26. The molecule has 0 saturated carbocycles. The fraction of sp³-hybridized carbons (Fsp3) is 0.435. The van der Waals surface area contributed by atoms with Gasteiger partial charge in [-0.05, 0) is 48.7 Å². The zero-order valence-corrected chi connectivity index (χ0v) is 17.8. The molecule has 0 bridgehead atoms. The molecule has 2 aliphatic heterocycles. The Labute approximate surface area is 184 Å². The maximum atomic E-state index is 13.4. The summed E-state index contributed by atoms with van der Waals surface area (Å²) in [6.07, 6.45) is -2.88. The van der Waals surface area contributed by atoms with Crippen molar-refractivity contribution in [3.8, 4) is 5.75 Å². The predicted octanol–water partition coefficient (Wildman–Crippen LogP) is 4.92. The van der Waals surface area contributed by atoms with E-state index in [9.17, 15) is 18.0 Å². The first kappa shape index (κ1) is 22.3. The van der Waals surface area contributed by atoms with Crippen LogP contribution in [0.3, 0.4) is 0 Å². The number of anilines is 2. The van der Waals surface area contributed by atoms with Crippen LogP contribution in [-0.2, 0) is 10.9 Å². The van der Waals surface area contributed by atoms with E-state index in [0.717, 1.165) is 36.3 Å². The number of rotatable bonds is 4. The molecule has 2 saturated heterocycles. The van der Waals surface area contributed by atoms with Crippen LogP contribution in [0, 0.1) is 0 Å². The quantitative estimate of drug-likeness (QED) is 0.720. The van der Waals surface area contributed by atoms with Crippen LogP contribution in [0.25, 0.3) is 0 Å². The van der Waals surface area contributed by atoms with Crippen LogP contribution in [0.5, 0.6) is 5.75 Å². The van der Waals surface area contributed by atoms with Crippen LogP contribution in [0.15, 0.2) is 42.5 Å². The minimum atomic E-state index is -4.50. The second-order valence-corrected chi connectivity index (χ2v) is 7.88. The monoisotopic (exact) mass is 449 g/mol. The number of nitrogens with zero attached hydrogens (tertiary/aromatic N) is 2. The smallest absolute Gasteiger partial charge is 0.416 e. The Balaban J connectivity index is 1.59. The zero-order chi connectivity index (χ0) is 22.7. The molecular weight excluding hydrogens is 423 g/mol. The molecule has 9 heteroatoms. The predicted molar refractivity (Wildman–Crippen MR) is 115 cm³/mol. The van der Waals surface area contributed by atoms with Crippen LogP contribution in [0.1, 0.15) is 30.0 Å². The number of likely N-dealkylation sites (tertiary alicyclic amines) is 1. The number of nitrogens with one attached hydrogen (secondary N) is 1. The number of carbonyl (C=O) groups is 1. The fourth-order valence-electron chi connectivity index (χ4n) is 4.26. The lowest BCUT2D eigenvalue weighted by Gasteiger charge is -2.32. The number of morpholine rings is 1. The molecule has 2 amide bonds. The van der Waals surface area contributed by atoms with E-state index in [2.05, 4.69) is 5.32 Å². The Bertz CT molecular complexity index is 944. The average molecular weight is 449 g/mol. The van der Waals surface area contributed by atoms with E-state index in [1.807, 2.05) is 29.2 Å². The normalized spacial score (nSPS) is 19.2. The van der Waals surface area contributed by atoms with Crippen molar-refractivity contribution in [1.82, 2.24) is 4.90 Å². The van der Waals surface area contributed by atoms with Gasteiger partial charge in [0.25, 0.3) is 0 Å². The molecule has 1 atom stereocenters. The lowest BCUT2D eigenvalue weighted by Crippen LogP contribution is -2.38. The highest BCUT2D eigenvalue weighted by Gasteiger charge is 2.34. The van der Waals surface area contributed by atoms with E-state index in [1.165, 1.54) is 6.07 Å². The highest BCUT2D eigenvalue weighted by molar-refractivity contribution is 5.94. The maximum absolute atomic E-state index is 13.4. The van der Waals surface area contributed by atoms with Crippen molar-refractivity contribution in [1.29, 1.82) is 0 Å². The van der Waals surface area contributed by atoms with Gasteiger partial charge in [0.2, 0.25) is 0 Å². The Morgan fingerprint density at radius 2 is 1.81 bits per heavy atom. The number of alkyl halides is 3. The number of urea groups is 1. The van der Waals surface area contributed by atoms with Crippen molar-refractivity contribution >= 4 is 17.4 Å². The molecule has 2 aliphatic rings. The molecule has 0 unspecified atom stereocenters.